The van der Waals surface area contributed by atoms with E-state index in [0.29, 0.717) is 31.2 Å². The standard InChI is InChI=1S/C24H36N4O9/c1-4-34-18(13-35-24(33)36-15(2)3)22(37-20(31)10-8-6-5-7-9-19(29)30)21(32)16-11-12-17-23(25)26-14-27-28(16)17/h11-12,14-15,18,21-22,32H,4-10,13H2,1-3H3,(H,29,30)(H2,25,26,27)/t18-,21+,22-/m1/s1. The van der Waals surface area contributed by atoms with Gasteiger partial charge >= 0.3 is 18.1 Å². The summed E-state index contributed by atoms with van der Waals surface area (Å²) in [6.07, 6.45) is -1.35. The third kappa shape index (κ3) is 9.50. The van der Waals surface area contributed by atoms with E-state index in [1.165, 1.54) is 10.8 Å². The number of hydrogen-bond donors (Lipinski definition) is 3. The van der Waals surface area contributed by atoms with Crippen LogP contribution in [0.2, 0.25) is 0 Å². The predicted octanol–water partition coefficient (Wildman–Crippen LogP) is 2.65. The van der Waals surface area contributed by atoms with Crippen molar-refractivity contribution in [3.8, 4) is 0 Å². The van der Waals surface area contributed by atoms with Crippen LogP contribution in [0.4, 0.5) is 10.6 Å². The first kappa shape index (κ1) is 29.8. The number of carboxylic acids is 1. The average molecular weight is 525 g/mol. The number of nitrogens with zero attached hydrogens (tertiary/aromatic N) is 3. The van der Waals surface area contributed by atoms with E-state index in [9.17, 15) is 19.5 Å². The van der Waals surface area contributed by atoms with E-state index in [2.05, 4.69) is 10.1 Å². The van der Waals surface area contributed by atoms with Crippen LogP contribution < -0.4 is 5.73 Å². The van der Waals surface area contributed by atoms with E-state index in [-0.39, 0.29) is 37.6 Å². The van der Waals surface area contributed by atoms with Crippen molar-refractivity contribution in [2.45, 2.75) is 83.7 Å². The third-order valence-electron chi connectivity index (χ3n) is 5.36. The summed E-state index contributed by atoms with van der Waals surface area (Å²) in [6.45, 7) is 4.89. The highest BCUT2D eigenvalue weighted by atomic mass is 16.7. The van der Waals surface area contributed by atoms with Gasteiger partial charge in [-0.2, -0.15) is 5.10 Å². The molecule has 0 bridgehead atoms. The van der Waals surface area contributed by atoms with Crippen molar-refractivity contribution >= 4 is 29.4 Å². The van der Waals surface area contributed by atoms with E-state index in [1.807, 2.05) is 0 Å². The van der Waals surface area contributed by atoms with Crippen LogP contribution in [0.15, 0.2) is 18.5 Å². The quantitative estimate of drug-likeness (QED) is 0.216. The summed E-state index contributed by atoms with van der Waals surface area (Å²) in [5, 5.41) is 24.1. The van der Waals surface area contributed by atoms with Crippen LogP contribution in [-0.4, -0.2) is 74.4 Å². The Balaban J connectivity index is 2.18. The first-order valence-electron chi connectivity index (χ1n) is 12.3. The SMILES string of the molecule is CCO[C@H](COC(=O)OC(C)C)[C@@H](OC(=O)CCCCCCC(=O)O)[C@@H](O)c1ccc2c(N)ncnn12. The third-order valence-corrected chi connectivity index (χ3v) is 5.36. The Labute approximate surface area is 214 Å². The van der Waals surface area contributed by atoms with Crippen molar-refractivity contribution in [1.82, 2.24) is 14.6 Å². The molecule has 2 aromatic heterocycles. The number of carboxylic acid groups (broad SMARTS) is 1. The lowest BCUT2D eigenvalue weighted by molar-refractivity contribution is -0.174. The van der Waals surface area contributed by atoms with Gasteiger partial charge in [0.1, 0.15) is 30.7 Å². The van der Waals surface area contributed by atoms with Crippen LogP contribution >= 0.6 is 0 Å². The summed E-state index contributed by atoms with van der Waals surface area (Å²) < 4.78 is 22.9. The highest BCUT2D eigenvalue weighted by Crippen LogP contribution is 2.27. The van der Waals surface area contributed by atoms with Crippen molar-refractivity contribution in [3.05, 3.63) is 24.2 Å². The number of unbranched alkanes of at least 4 members (excludes halogenated alkanes) is 3. The average Bonchev–Trinajstić information content (AvgIpc) is 3.27. The Kier molecular flexibility index (Phi) is 12.0. The van der Waals surface area contributed by atoms with Gasteiger partial charge in [-0.15, -0.1) is 0 Å². The molecule has 206 valence electrons. The van der Waals surface area contributed by atoms with E-state index >= 15 is 0 Å². The predicted molar refractivity (Wildman–Crippen MR) is 131 cm³/mol. The molecule has 0 spiro atoms. The van der Waals surface area contributed by atoms with Gasteiger partial charge in [0.05, 0.1) is 11.8 Å². The number of hydrogen-bond acceptors (Lipinski definition) is 11. The zero-order valence-corrected chi connectivity index (χ0v) is 21.4. The smallest absolute Gasteiger partial charge is 0.481 e. The first-order chi connectivity index (χ1) is 17.6. The minimum atomic E-state index is -1.42. The molecule has 0 fully saturated rings. The molecule has 0 aliphatic carbocycles. The first-order valence-corrected chi connectivity index (χ1v) is 12.3. The molecule has 0 radical (unpaired) electrons. The van der Waals surface area contributed by atoms with E-state index in [1.54, 1.807) is 32.9 Å². The Hall–Kier alpha value is -3.45. The van der Waals surface area contributed by atoms with E-state index in [0.717, 1.165) is 0 Å². The molecule has 13 nitrogen and oxygen atoms in total. The van der Waals surface area contributed by atoms with Gasteiger partial charge in [0.25, 0.3) is 0 Å². The zero-order valence-electron chi connectivity index (χ0n) is 21.4. The minimum absolute atomic E-state index is 0.0510. The molecule has 0 aromatic carbocycles. The largest absolute Gasteiger partial charge is 0.508 e. The van der Waals surface area contributed by atoms with Crippen LogP contribution in [0.5, 0.6) is 0 Å². The molecule has 0 saturated heterocycles. The molecule has 3 atom stereocenters. The van der Waals surface area contributed by atoms with Gasteiger partial charge in [-0.25, -0.2) is 14.3 Å². The lowest BCUT2D eigenvalue weighted by Crippen LogP contribution is -2.42. The van der Waals surface area contributed by atoms with E-state index < -0.39 is 42.5 Å². The van der Waals surface area contributed by atoms with Crippen molar-refractivity contribution < 1.29 is 43.5 Å². The number of esters is 1. The summed E-state index contributed by atoms with van der Waals surface area (Å²) in [7, 11) is 0. The van der Waals surface area contributed by atoms with Gasteiger partial charge < -0.3 is 34.9 Å². The molecule has 0 aliphatic rings. The van der Waals surface area contributed by atoms with Crippen molar-refractivity contribution in [1.29, 1.82) is 0 Å². The summed E-state index contributed by atoms with van der Waals surface area (Å²) in [4.78, 5) is 39.2. The number of carbonyl (C=O) groups is 3. The molecule has 4 N–H and O–H groups in total. The highest BCUT2D eigenvalue weighted by Gasteiger charge is 2.36. The number of rotatable bonds is 16. The van der Waals surface area contributed by atoms with Gasteiger partial charge in [0.15, 0.2) is 11.9 Å². The molecule has 2 rings (SSSR count). The Morgan fingerprint density at radius 1 is 1.08 bits per heavy atom. The number of aliphatic hydroxyl groups is 1. The fraction of sp³-hybridized carbons (Fsp3) is 0.625. The lowest BCUT2D eigenvalue weighted by Gasteiger charge is -2.30. The number of aliphatic carboxylic acids is 1. The van der Waals surface area contributed by atoms with Gasteiger partial charge in [0, 0.05) is 19.4 Å². The maximum absolute atomic E-state index is 12.7. The summed E-state index contributed by atoms with van der Waals surface area (Å²) in [5.41, 5.74) is 6.61. The number of anilines is 1. The molecule has 2 aromatic rings. The second kappa shape index (κ2) is 15.0. The fourth-order valence-electron chi connectivity index (χ4n) is 3.65. The van der Waals surface area contributed by atoms with Gasteiger partial charge in [-0.3, -0.25) is 9.59 Å². The van der Waals surface area contributed by atoms with Crippen molar-refractivity contribution in [2.24, 2.45) is 0 Å². The molecule has 0 aliphatic heterocycles. The maximum atomic E-state index is 12.7. The molecular formula is C24H36N4O9. The maximum Gasteiger partial charge on any atom is 0.508 e. The van der Waals surface area contributed by atoms with Crippen LogP contribution in [0, 0.1) is 0 Å². The lowest BCUT2D eigenvalue weighted by atomic mass is 10.0. The second-order valence-electron chi connectivity index (χ2n) is 8.63. The van der Waals surface area contributed by atoms with Crippen LogP contribution in [0.1, 0.15) is 71.1 Å². The van der Waals surface area contributed by atoms with Gasteiger partial charge in [-0.1, -0.05) is 12.8 Å². The number of fused-ring (bicyclic) bond motifs is 1. The summed E-state index contributed by atoms with van der Waals surface area (Å²) in [6, 6.07) is 3.20. The van der Waals surface area contributed by atoms with E-state index in [4.69, 9.17) is 29.8 Å². The number of ether oxygens (including phenoxy) is 4. The Morgan fingerprint density at radius 2 is 1.78 bits per heavy atom. The Bertz CT molecular complexity index is 1030. The number of aliphatic hydroxyl groups excluding tert-OH is 1. The van der Waals surface area contributed by atoms with Gasteiger partial charge in [-0.05, 0) is 45.7 Å². The number of nitrogens with two attached hydrogens (primary N) is 1. The molecule has 37 heavy (non-hydrogen) atoms. The molecular weight excluding hydrogens is 488 g/mol. The topological polar surface area (TPSA) is 185 Å². The number of carbonyl (C=O) groups excluding carboxylic acids is 2. The Morgan fingerprint density at radius 3 is 2.43 bits per heavy atom. The summed E-state index contributed by atoms with van der Waals surface area (Å²) >= 11 is 0. The van der Waals surface area contributed by atoms with Crippen molar-refractivity contribution in [3.63, 3.8) is 0 Å². The summed E-state index contributed by atoms with van der Waals surface area (Å²) in [5.74, 6) is -1.25. The minimum Gasteiger partial charge on any atom is -0.481 e. The van der Waals surface area contributed by atoms with Crippen LogP contribution in [-0.2, 0) is 28.5 Å². The fourth-order valence-corrected chi connectivity index (χ4v) is 3.65. The normalized spacial score (nSPS) is 13.8. The highest BCUT2D eigenvalue weighted by molar-refractivity contribution is 5.70. The zero-order chi connectivity index (χ0) is 27.4. The second-order valence-corrected chi connectivity index (χ2v) is 8.63. The molecule has 0 unspecified atom stereocenters. The van der Waals surface area contributed by atoms with Gasteiger partial charge in [0.2, 0.25) is 0 Å². The molecule has 0 amide bonds. The molecule has 0 saturated carbocycles. The number of nitrogen functional groups attached to an aromatic ring is 1. The van der Waals surface area contributed by atoms with Crippen molar-refractivity contribution in [2.75, 3.05) is 18.9 Å². The monoisotopic (exact) mass is 524 g/mol. The molecule has 13 heteroatoms. The molecule has 2 heterocycles. The van der Waals surface area contributed by atoms with Crippen LogP contribution in [0.3, 0.4) is 0 Å². The van der Waals surface area contributed by atoms with Crippen LogP contribution in [0.25, 0.3) is 5.52 Å². The number of aromatic nitrogens is 3.